The number of carbonyl (C=O) groups is 1. The van der Waals surface area contributed by atoms with Crippen LogP contribution in [0.5, 0.6) is 0 Å². The van der Waals surface area contributed by atoms with Crippen LogP contribution in [-0.2, 0) is 17.1 Å². The molecule has 0 spiro atoms. The highest BCUT2D eigenvalue weighted by Gasteiger charge is 2.31. The molecule has 0 radical (unpaired) electrons. The summed E-state index contributed by atoms with van der Waals surface area (Å²) in [5.41, 5.74) is -0.666. The van der Waals surface area contributed by atoms with Gasteiger partial charge in [0.15, 0.2) is 5.82 Å². The fraction of sp³-hybridized carbons (Fsp3) is 0.188. The third kappa shape index (κ3) is 4.16. The van der Waals surface area contributed by atoms with E-state index in [2.05, 4.69) is 5.32 Å². The summed E-state index contributed by atoms with van der Waals surface area (Å²) in [6.07, 6.45) is -0.630. The molecule has 0 heterocycles. The summed E-state index contributed by atoms with van der Waals surface area (Å²) < 4.78 is 42.3. The average Bonchev–Trinajstić information content (AvgIpc) is 2.51. The van der Waals surface area contributed by atoms with Crippen LogP contribution in [0.2, 0.25) is 5.02 Å². The first-order valence-electron chi connectivity index (χ1n) is 6.67. The van der Waals surface area contributed by atoms with Crippen LogP contribution in [0.15, 0.2) is 42.5 Å². The van der Waals surface area contributed by atoms with Crippen LogP contribution in [0.3, 0.4) is 0 Å². The van der Waals surface area contributed by atoms with Crippen molar-refractivity contribution in [1.82, 2.24) is 0 Å². The van der Waals surface area contributed by atoms with Gasteiger partial charge in [0.25, 0.3) is 5.92 Å². The number of benzene rings is 2. The molecular weight excluding hydrogens is 331 g/mol. The molecule has 122 valence electrons. The minimum absolute atomic E-state index is 0.0646. The van der Waals surface area contributed by atoms with Crippen molar-refractivity contribution in [3.8, 4) is 0 Å². The predicted octanol–water partition coefficient (Wildman–Crippen LogP) is 4.31. The van der Waals surface area contributed by atoms with Crippen molar-refractivity contribution < 1.29 is 23.1 Å². The van der Waals surface area contributed by atoms with E-state index in [0.29, 0.717) is 0 Å². The number of anilines is 1. The average molecular weight is 344 g/mol. The second-order valence-electron chi connectivity index (χ2n) is 4.88. The van der Waals surface area contributed by atoms with Crippen LogP contribution >= 0.6 is 11.6 Å². The van der Waals surface area contributed by atoms with Crippen molar-refractivity contribution in [3.05, 3.63) is 64.4 Å². The van der Waals surface area contributed by atoms with Gasteiger partial charge >= 0.3 is 5.97 Å². The Morgan fingerprint density at radius 2 is 1.83 bits per heavy atom. The topological polar surface area (TPSA) is 49.3 Å². The molecule has 7 heteroatoms. The molecule has 0 aliphatic rings. The molecule has 0 fully saturated rings. The lowest BCUT2D eigenvalue weighted by atomic mass is 10.1. The summed E-state index contributed by atoms with van der Waals surface area (Å²) in [6, 6.07) is 9.60. The summed E-state index contributed by atoms with van der Waals surface area (Å²) in [5, 5.41) is 11.0. The van der Waals surface area contributed by atoms with Crippen molar-refractivity contribution in [1.29, 1.82) is 0 Å². The van der Waals surface area contributed by atoms with E-state index in [1.165, 1.54) is 36.4 Å². The Morgan fingerprint density at radius 3 is 2.43 bits per heavy atom. The molecule has 2 aromatic rings. The van der Waals surface area contributed by atoms with Gasteiger partial charge in [-0.15, -0.1) is 0 Å². The van der Waals surface area contributed by atoms with Gasteiger partial charge in [0, 0.05) is 16.1 Å². The lowest BCUT2D eigenvalue weighted by molar-refractivity contribution is -0.136. The molecule has 2 rings (SSSR count). The molecule has 0 unspecified atom stereocenters. The van der Waals surface area contributed by atoms with Crippen molar-refractivity contribution in [3.63, 3.8) is 0 Å². The van der Waals surface area contributed by atoms with Gasteiger partial charge in [-0.3, -0.25) is 4.79 Å². The van der Waals surface area contributed by atoms with Crippen LogP contribution in [0.1, 0.15) is 11.1 Å². The highest BCUT2D eigenvalue weighted by molar-refractivity contribution is 6.31. The summed E-state index contributed by atoms with van der Waals surface area (Å²) in [4.78, 5) is 10.7. The second-order valence-corrected chi connectivity index (χ2v) is 5.29. The van der Waals surface area contributed by atoms with Crippen molar-refractivity contribution in [2.24, 2.45) is 0 Å². The van der Waals surface area contributed by atoms with E-state index in [-0.39, 0.29) is 21.8 Å². The minimum Gasteiger partial charge on any atom is -0.481 e. The van der Waals surface area contributed by atoms with Crippen molar-refractivity contribution in [2.45, 2.75) is 12.3 Å². The lowest BCUT2D eigenvalue weighted by Crippen LogP contribution is -2.25. The number of alkyl halides is 2. The molecule has 0 bridgehead atoms. The monoisotopic (exact) mass is 343 g/mol. The standard InChI is InChI=1S/C16H13ClF3NO2/c17-12-6-7-13(15(18)11(12)8-14(22)23)21-9-16(19,20)10-4-2-1-3-5-10/h1-7,21H,8-9H2,(H,22,23). The normalized spacial score (nSPS) is 11.3. The zero-order valence-electron chi connectivity index (χ0n) is 11.8. The number of nitrogens with one attached hydrogen (secondary N) is 1. The number of hydrogen-bond acceptors (Lipinski definition) is 2. The summed E-state index contributed by atoms with van der Waals surface area (Å²) in [7, 11) is 0. The molecule has 2 N–H and O–H groups in total. The second kappa shape index (κ2) is 6.91. The highest BCUT2D eigenvalue weighted by Crippen LogP contribution is 2.30. The maximum absolute atomic E-state index is 14.2. The van der Waals surface area contributed by atoms with Gasteiger partial charge in [-0.25, -0.2) is 4.39 Å². The fourth-order valence-electron chi connectivity index (χ4n) is 2.04. The van der Waals surface area contributed by atoms with Crippen LogP contribution in [0.4, 0.5) is 18.9 Å². The third-order valence-electron chi connectivity index (χ3n) is 3.21. The Morgan fingerprint density at radius 1 is 1.17 bits per heavy atom. The summed E-state index contributed by atoms with van der Waals surface area (Å²) in [5.74, 6) is -5.42. The zero-order chi connectivity index (χ0) is 17.0. The minimum atomic E-state index is -3.21. The quantitative estimate of drug-likeness (QED) is 0.821. The summed E-state index contributed by atoms with van der Waals surface area (Å²) in [6.45, 7) is -0.831. The molecule has 0 saturated heterocycles. The Kier molecular flexibility index (Phi) is 5.15. The Balaban J connectivity index is 2.19. The van der Waals surface area contributed by atoms with Gasteiger partial charge in [0.05, 0.1) is 18.7 Å². The molecule has 0 saturated carbocycles. The van der Waals surface area contributed by atoms with E-state index in [4.69, 9.17) is 16.7 Å². The molecule has 0 aromatic heterocycles. The number of aliphatic carboxylic acids is 1. The van der Waals surface area contributed by atoms with Gasteiger partial charge in [-0.2, -0.15) is 8.78 Å². The van der Waals surface area contributed by atoms with Gasteiger partial charge in [0.1, 0.15) is 0 Å². The molecule has 0 aliphatic carbocycles. The molecular formula is C16H13ClF3NO2. The third-order valence-corrected chi connectivity index (χ3v) is 3.57. The SMILES string of the molecule is O=C(O)Cc1c(Cl)ccc(NCC(F)(F)c2ccccc2)c1F. The van der Waals surface area contributed by atoms with Crippen LogP contribution < -0.4 is 5.32 Å². The van der Waals surface area contributed by atoms with Crippen molar-refractivity contribution >= 4 is 23.3 Å². The van der Waals surface area contributed by atoms with E-state index in [0.717, 1.165) is 0 Å². The van der Waals surface area contributed by atoms with E-state index >= 15 is 0 Å². The van der Waals surface area contributed by atoms with E-state index in [1.807, 2.05) is 0 Å². The van der Waals surface area contributed by atoms with Crippen molar-refractivity contribution in [2.75, 3.05) is 11.9 Å². The molecule has 0 aliphatic heterocycles. The smallest absolute Gasteiger partial charge is 0.307 e. The highest BCUT2D eigenvalue weighted by atomic mass is 35.5. The van der Waals surface area contributed by atoms with Gasteiger partial charge in [-0.05, 0) is 12.1 Å². The first-order valence-corrected chi connectivity index (χ1v) is 7.05. The van der Waals surface area contributed by atoms with E-state index < -0.39 is 30.7 Å². The summed E-state index contributed by atoms with van der Waals surface area (Å²) >= 11 is 5.75. The first-order chi connectivity index (χ1) is 10.8. The lowest BCUT2D eigenvalue weighted by Gasteiger charge is -2.19. The van der Waals surface area contributed by atoms with Gasteiger partial charge in [0.2, 0.25) is 0 Å². The van der Waals surface area contributed by atoms with Crippen LogP contribution in [-0.4, -0.2) is 17.6 Å². The van der Waals surface area contributed by atoms with Crippen LogP contribution in [0.25, 0.3) is 0 Å². The molecule has 23 heavy (non-hydrogen) atoms. The van der Waals surface area contributed by atoms with Gasteiger partial charge in [-0.1, -0.05) is 41.9 Å². The first kappa shape index (κ1) is 17.1. The number of halogens is 4. The Labute approximate surface area is 135 Å². The molecule has 3 nitrogen and oxygen atoms in total. The van der Waals surface area contributed by atoms with E-state index in [1.54, 1.807) is 6.07 Å². The van der Waals surface area contributed by atoms with Crippen LogP contribution in [0, 0.1) is 5.82 Å². The molecule has 2 aromatic carbocycles. The predicted molar refractivity (Wildman–Crippen MR) is 81.6 cm³/mol. The van der Waals surface area contributed by atoms with Gasteiger partial charge < -0.3 is 10.4 Å². The number of carboxylic acids is 1. The number of carboxylic acid groups (broad SMARTS) is 1. The molecule has 0 amide bonds. The largest absolute Gasteiger partial charge is 0.481 e. The maximum Gasteiger partial charge on any atom is 0.307 e. The fourth-order valence-corrected chi connectivity index (χ4v) is 2.25. The maximum atomic E-state index is 14.2. The number of hydrogen-bond donors (Lipinski definition) is 2. The zero-order valence-corrected chi connectivity index (χ0v) is 12.6. The molecule has 0 atom stereocenters. The Hall–Kier alpha value is -2.21. The Bertz CT molecular complexity index is 708. The van der Waals surface area contributed by atoms with E-state index in [9.17, 15) is 18.0 Å². The number of rotatable bonds is 6.